The largest absolute Gasteiger partial charge is 0.373 e. The molecule has 2 rings (SSSR count). The molecule has 0 aromatic carbocycles. The number of hydrogen-bond acceptors (Lipinski definition) is 3. The maximum absolute atomic E-state index is 4.60. The number of fused-ring (bicyclic) bond motifs is 1. The van der Waals surface area contributed by atoms with Gasteiger partial charge < -0.3 is 5.32 Å². The lowest BCUT2D eigenvalue weighted by Gasteiger charge is -2.08. The van der Waals surface area contributed by atoms with E-state index in [0.717, 1.165) is 37.3 Å². The van der Waals surface area contributed by atoms with Gasteiger partial charge in [0.2, 0.25) is 0 Å². The van der Waals surface area contributed by atoms with Crippen molar-refractivity contribution >= 4 is 5.82 Å². The van der Waals surface area contributed by atoms with Gasteiger partial charge in [-0.3, -0.25) is 0 Å². The molecule has 1 aliphatic carbocycles. The minimum Gasteiger partial charge on any atom is -0.373 e. The van der Waals surface area contributed by atoms with E-state index >= 15 is 0 Å². The van der Waals surface area contributed by atoms with Gasteiger partial charge in [-0.1, -0.05) is 6.92 Å². The maximum atomic E-state index is 4.60. The number of aryl methyl sites for hydroxylation is 2. The van der Waals surface area contributed by atoms with Crippen LogP contribution in [0.15, 0.2) is 0 Å². The molecule has 1 N–H and O–H groups in total. The van der Waals surface area contributed by atoms with E-state index in [9.17, 15) is 0 Å². The van der Waals surface area contributed by atoms with Crippen LogP contribution in [0.5, 0.6) is 0 Å². The first-order valence-corrected chi connectivity index (χ1v) is 5.41. The zero-order valence-electron chi connectivity index (χ0n) is 8.93. The number of hydrogen-bond donors (Lipinski definition) is 1. The van der Waals surface area contributed by atoms with Crippen LogP contribution in [0.4, 0.5) is 5.82 Å². The Kier molecular flexibility index (Phi) is 2.66. The van der Waals surface area contributed by atoms with Crippen molar-refractivity contribution in [1.82, 2.24) is 9.97 Å². The van der Waals surface area contributed by atoms with Gasteiger partial charge in [0.15, 0.2) is 0 Å². The molecular weight excluding hydrogens is 174 g/mol. The minimum atomic E-state index is 0.988. The molecule has 14 heavy (non-hydrogen) atoms. The quantitative estimate of drug-likeness (QED) is 0.793. The predicted octanol–water partition coefficient (Wildman–Crippen LogP) is 1.96. The van der Waals surface area contributed by atoms with Crippen LogP contribution in [0.1, 0.15) is 36.8 Å². The van der Waals surface area contributed by atoms with Crippen molar-refractivity contribution in [3.63, 3.8) is 0 Å². The van der Waals surface area contributed by atoms with Crippen molar-refractivity contribution in [1.29, 1.82) is 0 Å². The normalized spacial score (nSPS) is 14.1. The Morgan fingerprint density at radius 2 is 2.14 bits per heavy atom. The average molecular weight is 191 g/mol. The number of rotatable bonds is 3. The number of anilines is 1. The molecule has 0 bridgehead atoms. The van der Waals surface area contributed by atoms with Gasteiger partial charge >= 0.3 is 0 Å². The standard InChI is InChI=1S/C11H17N3/c1-3-5-10-13-9-7-4-6-8(9)11(12-2)14-10/h3-7H2,1-2H3,(H,12,13,14). The molecule has 0 fully saturated rings. The summed E-state index contributed by atoms with van der Waals surface area (Å²) in [5, 5.41) is 3.18. The molecule has 0 spiro atoms. The summed E-state index contributed by atoms with van der Waals surface area (Å²) in [6, 6.07) is 0. The first kappa shape index (κ1) is 9.44. The lowest BCUT2D eigenvalue weighted by Crippen LogP contribution is -2.05. The van der Waals surface area contributed by atoms with Crippen LogP contribution in [0.25, 0.3) is 0 Å². The van der Waals surface area contributed by atoms with Crippen LogP contribution in [0.3, 0.4) is 0 Å². The molecule has 0 saturated carbocycles. The number of nitrogens with zero attached hydrogens (tertiary/aromatic N) is 2. The predicted molar refractivity (Wildman–Crippen MR) is 57.6 cm³/mol. The molecule has 0 unspecified atom stereocenters. The summed E-state index contributed by atoms with van der Waals surface area (Å²) in [7, 11) is 1.94. The molecule has 1 aromatic rings. The highest BCUT2D eigenvalue weighted by molar-refractivity contribution is 5.48. The topological polar surface area (TPSA) is 37.8 Å². The van der Waals surface area contributed by atoms with Gasteiger partial charge in [0.05, 0.1) is 0 Å². The van der Waals surface area contributed by atoms with Crippen molar-refractivity contribution < 1.29 is 0 Å². The van der Waals surface area contributed by atoms with Crippen molar-refractivity contribution in [3.05, 3.63) is 17.1 Å². The Hall–Kier alpha value is -1.12. The number of nitrogens with one attached hydrogen (secondary N) is 1. The van der Waals surface area contributed by atoms with Crippen LogP contribution >= 0.6 is 0 Å². The zero-order chi connectivity index (χ0) is 9.97. The molecule has 1 heterocycles. The second-order valence-corrected chi connectivity index (χ2v) is 3.77. The van der Waals surface area contributed by atoms with E-state index in [1.807, 2.05) is 7.05 Å². The third-order valence-electron chi connectivity index (χ3n) is 2.69. The fourth-order valence-corrected chi connectivity index (χ4v) is 2.03. The summed E-state index contributed by atoms with van der Waals surface area (Å²) in [5.41, 5.74) is 2.61. The average Bonchev–Trinajstić information content (AvgIpc) is 2.65. The van der Waals surface area contributed by atoms with Gasteiger partial charge in [0, 0.05) is 24.7 Å². The van der Waals surface area contributed by atoms with Crippen LogP contribution < -0.4 is 5.32 Å². The van der Waals surface area contributed by atoms with E-state index in [4.69, 9.17) is 0 Å². The summed E-state index contributed by atoms with van der Waals surface area (Å²) in [4.78, 5) is 9.13. The molecule has 76 valence electrons. The van der Waals surface area contributed by atoms with Gasteiger partial charge in [-0.2, -0.15) is 0 Å². The van der Waals surface area contributed by atoms with Crippen LogP contribution in [0.2, 0.25) is 0 Å². The van der Waals surface area contributed by atoms with Gasteiger partial charge in [-0.25, -0.2) is 9.97 Å². The molecule has 0 saturated heterocycles. The molecule has 3 heteroatoms. The molecule has 0 atom stereocenters. The zero-order valence-corrected chi connectivity index (χ0v) is 8.93. The number of aromatic nitrogens is 2. The van der Waals surface area contributed by atoms with E-state index in [1.165, 1.54) is 17.7 Å². The second-order valence-electron chi connectivity index (χ2n) is 3.77. The van der Waals surface area contributed by atoms with Gasteiger partial charge in [0.25, 0.3) is 0 Å². The minimum absolute atomic E-state index is 0.988. The molecule has 0 amide bonds. The van der Waals surface area contributed by atoms with Gasteiger partial charge in [0.1, 0.15) is 11.6 Å². The fraction of sp³-hybridized carbons (Fsp3) is 0.636. The summed E-state index contributed by atoms with van der Waals surface area (Å²) < 4.78 is 0. The van der Waals surface area contributed by atoms with Crippen LogP contribution in [-0.4, -0.2) is 17.0 Å². The lowest BCUT2D eigenvalue weighted by molar-refractivity contribution is 0.816. The highest BCUT2D eigenvalue weighted by Crippen LogP contribution is 2.25. The van der Waals surface area contributed by atoms with E-state index in [0.29, 0.717) is 0 Å². The smallest absolute Gasteiger partial charge is 0.132 e. The maximum Gasteiger partial charge on any atom is 0.132 e. The monoisotopic (exact) mass is 191 g/mol. The first-order chi connectivity index (χ1) is 6.85. The summed E-state index contributed by atoms with van der Waals surface area (Å²) >= 11 is 0. The Morgan fingerprint density at radius 3 is 2.86 bits per heavy atom. The highest BCUT2D eigenvalue weighted by Gasteiger charge is 2.17. The van der Waals surface area contributed by atoms with Gasteiger partial charge in [-0.15, -0.1) is 0 Å². The second kappa shape index (κ2) is 3.95. The highest BCUT2D eigenvalue weighted by atomic mass is 15.0. The summed E-state index contributed by atoms with van der Waals surface area (Å²) in [5.74, 6) is 2.05. The Morgan fingerprint density at radius 1 is 1.29 bits per heavy atom. The molecule has 1 aromatic heterocycles. The summed E-state index contributed by atoms with van der Waals surface area (Å²) in [6.07, 6.45) is 5.60. The Balaban J connectivity index is 2.39. The van der Waals surface area contributed by atoms with Crippen LogP contribution in [0, 0.1) is 0 Å². The SMILES string of the molecule is CCCc1nc2c(c(NC)n1)CCC2. The molecule has 3 nitrogen and oxygen atoms in total. The van der Waals surface area contributed by atoms with E-state index in [-0.39, 0.29) is 0 Å². The lowest BCUT2D eigenvalue weighted by atomic mass is 10.2. The van der Waals surface area contributed by atoms with Crippen molar-refractivity contribution in [2.24, 2.45) is 0 Å². The first-order valence-electron chi connectivity index (χ1n) is 5.41. The van der Waals surface area contributed by atoms with E-state index < -0.39 is 0 Å². The van der Waals surface area contributed by atoms with E-state index in [2.05, 4.69) is 22.2 Å². The third-order valence-corrected chi connectivity index (χ3v) is 2.69. The Labute approximate surface area is 85.0 Å². The van der Waals surface area contributed by atoms with Crippen molar-refractivity contribution in [2.75, 3.05) is 12.4 Å². The molecular formula is C11H17N3. The molecule has 0 aliphatic heterocycles. The third kappa shape index (κ3) is 1.59. The molecule has 1 aliphatic rings. The summed E-state index contributed by atoms with van der Waals surface area (Å²) in [6.45, 7) is 2.16. The van der Waals surface area contributed by atoms with Crippen LogP contribution in [-0.2, 0) is 19.3 Å². The van der Waals surface area contributed by atoms with Gasteiger partial charge in [-0.05, 0) is 25.7 Å². The van der Waals surface area contributed by atoms with E-state index in [1.54, 1.807) is 0 Å². The van der Waals surface area contributed by atoms with Crippen molar-refractivity contribution in [2.45, 2.75) is 39.0 Å². The fourth-order valence-electron chi connectivity index (χ4n) is 2.03. The molecule has 0 radical (unpaired) electrons. The Bertz CT molecular complexity index is 334. The van der Waals surface area contributed by atoms with Crippen molar-refractivity contribution in [3.8, 4) is 0 Å².